The number of carbonyl (C=O) groups is 3. The summed E-state index contributed by atoms with van der Waals surface area (Å²) in [4.78, 5) is 29.4. The van der Waals surface area contributed by atoms with Gasteiger partial charge in [0, 0.05) is 6.92 Å². The first-order valence-corrected chi connectivity index (χ1v) is 6.10. The smallest absolute Gasteiger partial charge is 0.335 e. The largest absolute Gasteiger partial charge is 0.481 e. The molecule has 0 aromatic heterocycles. The SMILES string of the molecule is CC(=O)O.O=C(O)c1ccccc1.O=C(O)c1ccccc1. The van der Waals surface area contributed by atoms with Crippen molar-refractivity contribution in [2.45, 2.75) is 6.92 Å². The first-order valence-electron chi connectivity index (χ1n) is 6.10. The zero-order valence-corrected chi connectivity index (χ0v) is 11.8. The van der Waals surface area contributed by atoms with E-state index in [0.717, 1.165) is 6.92 Å². The van der Waals surface area contributed by atoms with E-state index in [1.165, 1.54) is 0 Å². The van der Waals surface area contributed by atoms with Crippen LogP contribution in [0.25, 0.3) is 0 Å². The molecule has 2 rings (SSSR count). The van der Waals surface area contributed by atoms with Gasteiger partial charge in [0.25, 0.3) is 5.97 Å². The van der Waals surface area contributed by atoms with Gasteiger partial charge >= 0.3 is 11.9 Å². The Labute approximate surface area is 127 Å². The fourth-order valence-electron chi connectivity index (χ4n) is 1.16. The summed E-state index contributed by atoms with van der Waals surface area (Å²) in [6.45, 7) is 1.08. The average Bonchev–Trinajstić information content (AvgIpc) is 2.49. The second kappa shape index (κ2) is 10.6. The zero-order chi connectivity index (χ0) is 17.0. The van der Waals surface area contributed by atoms with Gasteiger partial charge in [-0.15, -0.1) is 0 Å². The molecular weight excluding hydrogens is 288 g/mol. The van der Waals surface area contributed by atoms with E-state index in [2.05, 4.69) is 0 Å². The highest BCUT2D eigenvalue weighted by molar-refractivity contribution is 5.87. The molecule has 6 heteroatoms. The normalized spacial score (nSPS) is 8.41. The number of carboxylic acids is 3. The van der Waals surface area contributed by atoms with Crippen molar-refractivity contribution in [3.05, 3.63) is 71.8 Å². The van der Waals surface area contributed by atoms with Crippen LogP contribution in [-0.4, -0.2) is 33.2 Å². The molecule has 0 amide bonds. The third-order valence-corrected chi connectivity index (χ3v) is 2.04. The second-order valence-electron chi connectivity index (χ2n) is 3.86. The summed E-state index contributed by atoms with van der Waals surface area (Å²) in [7, 11) is 0. The lowest BCUT2D eigenvalue weighted by molar-refractivity contribution is -0.134. The number of benzene rings is 2. The van der Waals surface area contributed by atoms with Crippen molar-refractivity contribution in [2.24, 2.45) is 0 Å². The number of rotatable bonds is 2. The Balaban J connectivity index is 0.000000326. The molecule has 0 saturated carbocycles. The molecule has 0 spiro atoms. The van der Waals surface area contributed by atoms with E-state index in [-0.39, 0.29) is 0 Å². The van der Waals surface area contributed by atoms with Crippen molar-refractivity contribution in [1.29, 1.82) is 0 Å². The maximum absolute atomic E-state index is 10.2. The molecular formula is C16H16O6. The predicted octanol–water partition coefficient (Wildman–Crippen LogP) is 2.86. The summed E-state index contributed by atoms with van der Waals surface area (Å²) in [6, 6.07) is 16.6. The Bertz CT molecular complexity index is 539. The molecule has 0 aliphatic heterocycles. The first-order chi connectivity index (χ1) is 10.3. The third-order valence-electron chi connectivity index (χ3n) is 2.04. The van der Waals surface area contributed by atoms with Gasteiger partial charge in [0.15, 0.2) is 0 Å². The van der Waals surface area contributed by atoms with Crippen molar-refractivity contribution in [1.82, 2.24) is 0 Å². The monoisotopic (exact) mass is 304 g/mol. The van der Waals surface area contributed by atoms with Crippen LogP contribution in [0.1, 0.15) is 27.6 Å². The van der Waals surface area contributed by atoms with Crippen LogP contribution < -0.4 is 0 Å². The van der Waals surface area contributed by atoms with Crippen LogP contribution >= 0.6 is 0 Å². The molecule has 116 valence electrons. The van der Waals surface area contributed by atoms with Gasteiger partial charge in [0.2, 0.25) is 0 Å². The highest BCUT2D eigenvalue weighted by Crippen LogP contribution is 1.96. The second-order valence-corrected chi connectivity index (χ2v) is 3.86. The van der Waals surface area contributed by atoms with Gasteiger partial charge in [-0.1, -0.05) is 36.4 Å². The lowest BCUT2D eigenvalue weighted by Crippen LogP contribution is -1.93. The fourth-order valence-corrected chi connectivity index (χ4v) is 1.16. The molecule has 0 radical (unpaired) electrons. The summed E-state index contributed by atoms with van der Waals surface area (Å²) in [5, 5.41) is 24.2. The van der Waals surface area contributed by atoms with Crippen molar-refractivity contribution < 1.29 is 29.7 Å². The quantitative estimate of drug-likeness (QED) is 0.786. The Kier molecular flexibility index (Phi) is 9.10. The molecule has 3 N–H and O–H groups in total. The Morgan fingerprint density at radius 2 is 0.864 bits per heavy atom. The summed E-state index contributed by atoms with van der Waals surface area (Å²) in [6.07, 6.45) is 0. The van der Waals surface area contributed by atoms with Gasteiger partial charge in [-0.2, -0.15) is 0 Å². The lowest BCUT2D eigenvalue weighted by atomic mass is 10.2. The molecule has 0 aliphatic rings. The van der Waals surface area contributed by atoms with Crippen molar-refractivity contribution in [3.63, 3.8) is 0 Å². The van der Waals surface area contributed by atoms with Crippen LogP contribution in [0.4, 0.5) is 0 Å². The standard InChI is InChI=1S/2C7H6O2.C2H4O2/c2*8-7(9)6-4-2-1-3-5-6;1-2(3)4/h2*1-5H,(H,8,9);1H3,(H,3,4). The first kappa shape index (κ1) is 18.9. The molecule has 0 aliphatic carbocycles. The molecule has 2 aromatic carbocycles. The Morgan fingerprint density at radius 1 is 0.636 bits per heavy atom. The molecule has 0 heterocycles. The van der Waals surface area contributed by atoms with Gasteiger partial charge in [0.1, 0.15) is 0 Å². The third kappa shape index (κ3) is 9.74. The number of hydrogen-bond donors (Lipinski definition) is 3. The lowest BCUT2D eigenvalue weighted by Gasteiger charge is -1.88. The maximum Gasteiger partial charge on any atom is 0.335 e. The van der Waals surface area contributed by atoms with Crippen LogP contribution in [0, 0.1) is 0 Å². The summed E-state index contributed by atoms with van der Waals surface area (Å²) >= 11 is 0. The van der Waals surface area contributed by atoms with Crippen LogP contribution in [0.2, 0.25) is 0 Å². The summed E-state index contributed by atoms with van der Waals surface area (Å²) in [5.74, 6) is -2.59. The van der Waals surface area contributed by atoms with Gasteiger partial charge in [-0.3, -0.25) is 4.79 Å². The topological polar surface area (TPSA) is 112 Å². The van der Waals surface area contributed by atoms with E-state index >= 15 is 0 Å². The highest BCUT2D eigenvalue weighted by Gasteiger charge is 1.97. The zero-order valence-electron chi connectivity index (χ0n) is 11.8. The van der Waals surface area contributed by atoms with E-state index < -0.39 is 17.9 Å². The highest BCUT2D eigenvalue weighted by atomic mass is 16.4. The average molecular weight is 304 g/mol. The maximum atomic E-state index is 10.2. The molecule has 0 atom stereocenters. The van der Waals surface area contributed by atoms with Gasteiger partial charge < -0.3 is 15.3 Å². The van der Waals surface area contributed by atoms with Crippen molar-refractivity contribution in [2.75, 3.05) is 0 Å². The van der Waals surface area contributed by atoms with Crippen molar-refractivity contribution >= 4 is 17.9 Å². The van der Waals surface area contributed by atoms with Crippen LogP contribution in [-0.2, 0) is 4.79 Å². The van der Waals surface area contributed by atoms with Gasteiger partial charge in [0.05, 0.1) is 11.1 Å². The number of aromatic carboxylic acids is 2. The van der Waals surface area contributed by atoms with Crippen LogP contribution in [0.3, 0.4) is 0 Å². The molecule has 2 aromatic rings. The van der Waals surface area contributed by atoms with E-state index in [1.807, 2.05) is 0 Å². The molecule has 22 heavy (non-hydrogen) atoms. The van der Waals surface area contributed by atoms with E-state index in [0.29, 0.717) is 11.1 Å². The van der Waals surface area contributed by atoms with Crippen LogP contribution in [0.15, 0.2) is 60.7 Å². The van der Waals surface area contributed by atoms with Gasteiger partial charge in [-0.25, -0.2) is 9.59 Å². The molecule has 0 saturated heterocycles. The summed E-state index contributed by atoms with van der Waals surface area (Å²) in [5.41, 5.74) is 0.662. The minimum atomic E-state index is -0.879. The van der Waals surface area contributed by atoms with E-state index in [9.17, 15) is 9.59 Å². The van der Waals surface area contributed by atoms with Gasteiger partial charge in [-0.05, 0) is 24.3 Å². The van der Waals surface area contributed by atoms with Crippen molar-refractivity contribution in [3.8, 4) is 0 Å². The minimum Gasteiger partial charge on any atom is -0.481 e. The minimum absolute atomic E-state index is 0.331. The molecule has 0 unspecified atom stereocenters. The van der Waals surface area contributed by atoms with E-state index in [4.69, 9.17) is 20.1 Å². The number of aliphatic carboxylic acids is 1. The number of hydrogen-bond acceptors (Lipinski definition) is 3. The van der Waals surface area contributed by atoms with Crippen LogP contribution in [0.5, 0.6) is 0 Å². The summed E-state index contributed by atoms with van der Waals surface area (Å²) < 4.78 is 0. The Hall–Kier alpha value is -3.15. The molecule has 6 nitrogen and oxygen atoms in total. The molecule has 0 fully saturated rings. The fraction of sp³-hybridized carbons (Fsp3) is 0.0625. The molecule has 0 bridgehead atoms. The predicted molar refractivity (Wildman–Crippen MR) is 80.1 cm³/mol. The Morgan fingerprint density at radius 3 is 1.00 bits per heavy atom. The number of carboxylic acid groups (broad SMARTS) is 3. The van der Waals surface area contributed by atoms with E-state index in [1.54, 1.807) is 60.7 Å².